The van der Waals surface area contributed by atoms with E-state index in [0.29, 0.717) is 33.3 Å². The van der Waals surface area contributed by atoms with Crippen molar-refractivity contribution in [2.45, 2.75) is 59.2 Å². The third kappa shape index (κ3) is 4.73. The van der Waals surface area contributed by atoms with Crippen molar-refractivity contribution in [3.05, 3.63) is 63.9 Å². The molecule has 2 amide bonds. The molecular formula is C30H27BrN8O3. The second-order valence-electron chi connectivity index (χ2n) is 11.3. The fourth-order valence-corrected chi connectivity index (χ4v) is 6.31. The van der Waals surface area contributed by atoms with E-state index in [1.54, 1.807) is 28.0 Å². The van der Waals surface area contributed by atoms with E-state index in [9.17, 15) is 14.4 Å². The van der Waals surface area contributed by atoms with Crippen LogP contribution in [0.3, 0.4) is 0 Å². The van der Waals surface area contributed by atoms with Crippen LogP contribution in [-0.2, 0) is 16.1 Å². The quantitative estimate of drug-likeness (QED) is 0.245. The summed E-state index contributed by atoms with van der Waals surface area (Å²) >= 11 is 3.35. The van der Waals surface area contributed by atoms with Gasteiger partial charge in [0, 0.05) is 36.3 Å². The fourth-order valence-electron chi connectivity index (χ4n) is 6.00. The fraction of sp³-hybridized carbons (Fsp3) is 0.333. The predicted molar refractivity (Wildman–Crippen MR) is 157 cm³/mol. The number of nitrogens with zero attached hydrogens (tertiary/aromatic N) is 7. The first-order valence-electron chi connectivity index (χ1n) is 13.5. The van der Waals surface area contributed by atoms with Gasteiger partial charge in [0.15, 0.2) is 5.78 Å². The number of benzene rings is 1. The molecule has 4 aromatic rings. The highest BCUT2D eigenvalue weighted by Gasteiger charge is 2.64. The van der Waals surface area contributed by atoms with Crippen LogP contribution >= 0.6 is 15.9 Å². The van der Waals surface area contributed by atoms with Gasteiger partial charge in [0.05, 0.1) is 5.52 Å². The van der Waals surface area contributed by atoms with Gasteiger partial charge in [-0.15, -0.1) is 0 Å². The number of likely N-dealkylation sites (tertiary alicyclic amines) is 1. The van der Waals surface area contributed by atoms with Crippen LogP contribution in [0.5, 0.6) is 0 Å². The van der Waals surface area contributed by atoms with Crippen LogP contribution in [0.4, 0.5) is 5.82 Å². The Hall–Kier alpha value is -4.50. The highest BCUT2D eigenvalue weighted by Crippen LogP contribution is 2.59. The smallest absolute Gasteiger partial charge is 0.248 e. The number of rotatable bonds is 6. The number of aryl methyl sites for hydroxylation is 2. The first kappa shape index (κ1) is 27.7. The minimum absolute atomic E-state index is 0.0319. The van der Waals surface area contributed by atoms with Crippen molar-refractivity contribution >= 4 is 50.2 Å². The van der Waals surface area contributed by atoms with E-state index in [1.165, 1.54) is 6.92 Å². The number of nitriles is 1. The number of piperidine rings is 1. The van der Waals surface area contributed by atoms with Crippen molar-refractivity contribution in [2.24, 2.45) is 5.41 Å². The standard InChI is InChI=1S/C30H27BrN8O3/c1-15-5-6-23(31)35-28(15)36-29(42)21-9-30(4)10-22(30)39(21)25(41)14-38-27-16(2)7-18(8-20(27)26(37-38)17(3)40)19-12-33-24(11-32)34-13-19/h5-8,12-13,21-22H,9-10,14H2,1-4H3,(H,35,36,42)/t21-,22+,30-/m0/s1. The number of ketones is 1. The second-order valence-corrected chi connectivity index (χ2v) is 12.2. The van der Waals surface area contributed by atoms with E-state index in [4.69, 9.17) is 5.26 Å². The summed E-state index contributed by atoms with van der Waals surface area (Å²) < 4.78 is 2.17. The number of aromatic nitrogens is 5. The molecule has 42 heavy (non-hydrogen) atoms. The second kappa shape index (κ2) is 10.1. The number of halogens is 1. The van der Waals surface area contributed by atoms with Crippen molar-refractivity contribution in [1.82, 2.24) is 29.6 Å². The molecule has 4 heterocycles. The molecule has 1 N–H and O–H groups in total. The predicted octanol–water partition coefficient (Wildman–Crippen LogP) is 4.36. The Morgan fingerprint density at radius 1 is 1.12 bits per heavy atom. The summed E-state index contributed by atoms with van der Waals surface area (Å²) in [4.78, 5) is 54.2. The highest BCUT2D eigenvalue weighted by atomic mass is 79.9. The summed E-state index contributed by atoms with van der Waals surface area (Å²) in [6, 6.07) is 8.64. The van der Waals surface area contributed by atoms with Crippen LogP contribution < -0.4 is 5.32 Å². The van der Waals surface area contributed by atoms with Crippen LogP contribution in [0.2, 0.25) is 0 Å². The number of nitrogens with one attached hydrogen (secondary N) is 1. The van der Waals surface area contributed by atoms with E-state index >= 15 is 0 Å². The zero-order chi connectivity index (χ0) is 29.9. The molecule has 2 aliphatic rings. The molecule has 1 aliphatic heterocycles. The Balaban J connectivity index is 1.32. The molecule has 0 spiro atoms. The molecule has 0 unspecified atom stereocenters. The van der Waals surface area contributed by atoms with Crippen molar-refractivity contribution in [2.75, 3.05) is 5.32 Å². The van der Waals surface area contributed by atoms with Gasteiger partial charge in [-0.05, 0) is 82.9 Å². The van der Waals surface area contributed by atoms with Crippen molar-refractivity contribution < 1.29 is 14.4 Å². The van der Waals surface area contributed by atoms with Gasteiger partial charge in [0.2, 0.25) is 17.6 Å². The molecule has 6 rings (SSSR count). The normalized spacial score (nSPS) is 20.7. The summed E-state index contributed by atoms with van der Waals surface area (Å²) in [7, 11) is 0. The van der Waals surface area contributed by atoms with E-state index in [-0.39, 0.29) is 47.1 Å². The molecule has 3 aromatic heterocycles. The third-order valence-corrected chi connectivity index (χ3v) is 8.71. The SMILES string of the molecule is CC(=O)c1nn(CC(=O)N2[C@H](C(=O)Nc3nc(Br)ccc3C)C[C@@]3(C)C[C@@H]23)c2c(C)cc(-c3cnc(C#N)nc3)cc12. The van der Waals surface area contributed by atoms with Crippen LogP contribution in [0.15, 0.2) is 41.3 Å². The van der Waals surface area contributed by atoms with Crippen molar-refractivity contribution in [3.8, 4) is 17.2 Å². The lowest BCUT2D eigenvalue weighted by Gasteiger charge is -2.27. The van der Waals surface area contributed by atoms with Gasteiger partial charge < -0.3 is 10.2 Å². The van der Waals surface area contributed by atoms with Crippen LogP contribution in [0, 0.1) is 30.6 Å². The van der Waals surface area contributed by atoms with Crippen molar-refractivity contribution in [1.29, 1.82) is 5.26 Å². The lowest BCUT2D eigenvalue weighted by Crippen LogP contribution is -2.47. The summed E-state index contributed by atoms with van der Waals surface area (Å²) in [5.74, 6) is -0.217. The van der Waals surface area contributed by atoms with E-state index < -0.39 is 6.04 Å². The maximum absolute atomic E-state index is 13.9. The first-order valence-corrected chi connectivity index (χ1v) is 14.3. The summed E-state index contributed by atoms with van der Waals surface area (Å²) in [5.41, 5.74) is 3.89. The first-order chi connectivity index (χ1) is 20.0. The summed E-state index contributed by atoms with van der Waals surface area (Å²) in [5, 5.41) is 17.1. The monoisotopic (exact) mass is 626 g/mol. The number of anilines is 1. The molecule has 3 atom stereocenters. The zero-order valence-electron chi connectivity index (χ0n) is 23.5. The van der Waals surface area contributed by atoms with Gasteiger partial charge in [-0.1, -0.05) is 13.0 Å². The molecule has 1 aliphatic carbocycles. The Kier molecular flexibility index (Phi) is 6.65. The van der Waals surface area contributed by atoms with Gasteiger partial charge in [0.25, 0.3) is 0 Å². The number of hydrogen-bond donors (Lipinski definition) is 1. The van der Waals surface area contributed by atoms with Gasteiger partial charge in [-0.3, -0.25) is 19.1 Å². The molecule has 1 saturated heterocycles. The Labute approximate surface area is 250 Å². The lowest BCUT2D eigenvalue weighted by atomic mass is 10.0. The number of fused-ring (bicyclic) bond motifs is 2. The van der Waals surface area contributed by atoms with Crippen LogP contribution in [0.25, 0.3) is 22.0 Å². The maximum Gasteiger partial charge on any atom is 0.248 e. The molecule has 2 fully saturated rings. The third-order valence-electron chi connectivity index (χ3n) is 8.27. The Morgan fingerprint density at radius 3 is 2.55 bits per heavy atom. The minimum Gasteiger partial charge on any atom is -0.325 e. The molecular weight excluding hydrogens is 600 g/mol. The van der Waals surface area contributed by atoms with Crippen LogP contribution in [0.1, 0.15) is 54.1 Å². The number of carbonyl (C=O) groups excluding carboxylic acids is 3. The molecule has 212 valence electrons. The van der Waals surface area contributed by atoms with E-state index in [2.05, 4.69) is 48.2 Å². The number of hydrogen-bond acceptors (Lipinski definition) is 8. The average molecular weight is 628 g/mol. The topological polar surface area (TPSA) is 147 Å². The van der Waals surface area contributed by atoms with Gasteiger partial charge >= 0.3 is 0 Å². The molecule has 12 heteroatoms. The minimum atomic E-state index is -0.639. The summed E-state index contributed by atoms with van der Waals surface area (Å²) in [6.07, 6.45) is 4.52. The summed E-state index contributed by atoms with van der Waals surface area (Å²) in [6.45, 7) is 7.18. The van der Waals surface area contributed by atoms with E-state index in [0.717, 1.165) is 23.1 Å². The lowest BCUT2D eigenvalue weighted by molar-refractivity contribution is -0.138. The largest absolute Gasteiger partial charge is 0.325 e. The molecule has 1 saturated carbocycles. The Morgan fingerprint density at radius 2 is 1.86 bits per heavy atom. The number of amides is 2. The molecule has 11 nitrogen and oxygen atoms in total. The van der Waals surface area contributed by atoms with Gasteiger partial charge in [0.1, 0.15) is 34.8 Å². The number of Topliss-reactive ketones (excluding diaryl/α,β-unsaturated/α-hetero) is 1. The van der Waals surface area contributed by atoms with E-state index in [1.807, 2.05) is 38.1 Å². The maximum atomic E-state index is 13.9. The van der Waals surface area contributed by atoms with Crippen molar-refractivity contribution in [3.63, 3.8) is 0 Å². The van der Waals surface area contributed by atoms with Gasteiger partial charge in [-0.25, -0.2) is 15.0 Å². The number of carbonyl (C=O) groups is 3. The highest BCUT2D eigenvalue weighted by molar-refractivity contribution is 9.10. The molecule has 1 aromatic carbocycles. The van der Waals surface area contributed by atoms with Gasteiger partial charge in [-0.2, -0.15) is 10.4 Å². The van der Waals surface area contributed by atoms with Crippen LogP contribution in [-0.4, -0.2) is 59.3 Å². The zero-order valence-corrected chi connectivity index (χ0v) is 25.1. The average Bonchev–Trinajstić information content (AvgIpc) is 3.30. The Bertz CT molecular complexity index is 1840. The molecule has 0 bridgehead atoms. The molecule has 0 radical (unpaired) electrons. The number of pyridine rings is 1.